The highest BCUT2D eigenvalue weighted by Gasteiger charge is 1.99. The van der Waals surface area contributed by atoms with Gasteiger partial charge in [-0.05, 0) is 30.9 Å². The van der Waals surface area contributed by atoms with Gasteiger partial charge in [0.15, 0.2) is 0 Å². The molecule has 0 amide bonds. The lowest BCUT2D eigenvalue weighted by Crippen LogP contribution is -2.06. The maximum Gasteiger partial charge on any atom is 0.141 e. The van der Waals surface area contributed by atoms with E-state index in [4.69, 9.17) is 11.6 Å². The third-order valence-electron chi connectivity index (χ3n) is 2.17. The third kappa shape index (κ3) is 4.98. The van der Waals surface area contributed by atoms with Gasteiger partial charge in [0, 0.05) is 12.4 Å². The maximum absolute atomic E-state index is 12.5. The zero-order valence-electron chi connectivity index (χ0n) is 8.84. The van der Waals surface area contributed by atoms with Crippen LogP contribution in [0.25, 0.3) is 0 Å². The number of nitrogens with one attached hydrogen (secondary N) is 1. The molecule has 15 heavy (non-hydrogen) atoms. The molecule has 2 nitrogen and oxygen atoms in total. The number of anilines is 1. The van der Waals surface area contributed by atoms with E-state index in [1.165, 1.54) is 12.3 Å². The summed E-state index contributed by atoms with van der Waals surface area (Å²) in [7, 11) is 0. The Morgan fingerprint density at radius 2 is 2.33 bits per heavy atom. The molecule has 0 aliphatic rings. The predicted octanol–water partition coefficient (Wildman–Crippen LogP) is 3.29. The Hall–Kier alpha value is -0.830. The Morgan fingerprint density at radius 3 is 2.93 bits per heavy atom. The third-order valence-corrected chi connectivity index (χ3v) is 2.70. The summed E-state index contributed by atoms with van der Waals surface area (Å²) in [5.41, 5.74) is 0. The van der Waals surface area contributed by atoms with E-state index in [2.05, 4.69) is 17.2 Å². The van der Waals surface area contributed by atoms with Gasteiger partial charge in [-0.15, -0.1) is 11.6 Å². The van der Waals surface area contributed by atoms with E-state index >= 15 is 0 Å². The Balaban J connectivity index is 2.17. The van der Waals surface area contributed by atoms with Crippen molar-refractivity contribution < 1.29 is 4.39 Å². The maximum atomic E-state index is 12.5. The molecular weight excluding hydrogens is 215 g/mol. The molecule has 1 atom stereocenters. The van der Waals surface area contributed by atoms with Gasteiger partial charge in [-0.25, -0.2) is 9.37 Å². The molecule has 84 valence electrons. The molecule has 0 aliphatic carbocycles. The number of halogens is 2. The van der Waals surface area contributed by atoms with E-state index in [1.807, 2.05) is 0 Å². The van der Waals surface area contributed by atoms with E-state index in [0.717, 1.165) is 25.2 Å². The van der Waals surface area contributed by atoms with Crippen molar-refractivity contribution in [1.82, 2.24) is 4.98 Å². The summed E-state index contributed by atoms with van der Waals surface area (Å²) in [5.74, 6) is 1.66. The highest BCUT2D eigenvalue weighted by atomic mass is 35.5. The van der Waals surface area contributed by atoms with Crippen molar-refractivity contribution in [2.24, 2.45) is 5.92 Å². The molecule has 0 aromatic carbocycles. The summed E-state index contributed by atoms with van der Waals surface area (Å²) in [6, 6.07) is 3.04. The van der Waals surface area contributed by atoms with Gasteiger partial charge in [-0.3, -0.25) is 0 Å². The van der Waals surface area contributed by atoms with Crippen molar-refractivity contribution in [2.75, 3.05) is 17.7 Å². The van der Waals surface area contributed by atoms with Gasteiger partial charge in [0.2, 0.25) is 0 Å². The standard InChI is InChI=1S/C11H16ClFN2/c1-9(7-12)3-2-6-14-11-5-4-10(13)8-15-11/h4-5,8-9H,2-3,6-7H2,1H3,(H,14,15). The molecule has 0 bridgehead atoms. The Labute approximate surface area is 94.9 Å². The molecule has 0 saturated heterocycles. The SMILES string of the molecule is CC(CCl)CCCNc1ccc(F)cn1. The van der Waals surface area contributed by atoms with E-state index in [-0.39, 0.29) is 5.82 Å². The Morgan fingerprint density at radius 1 is 1.53 bits per heavy atom. The summed E-state index contributed by atoms with van der Waals surface area (Å²) in [6.45, 7) is 2.98. The van der Waals surface area contributed by atoms with Crippen molar-refractivity contribution in [1.29, 1.82) is 0 Å². The number of hydrogen-bond donors (Lipinski definition) is 1. The zero-order chi connectivity index (χ0) is 11.1. The lowest BCUT2D eigenvalue weighted by atomic mass is 10.1. The normalized spacial score (nSPS) is 12.5. The summed E-state index contributed by atoms with van der Waals surface area (Å²) >= 11 is 5.69. The second kappa shape index (κ2) is 6.62. The molecular formula is C11H16ClFN2. The topological polar surface area (TPSA) is 24.9 Å². The molecule has 0 aliphatic heterocycles. The molecule has 1 aromatic rings. The van der Waals surface area contributed by atoms with Crippen LogP contribution in [-0.4, -0.2) is 17.4 Å². The number of pyridine rings is 1. The quantitative estimate of drug-likeness (QED) is 0.599. The Kier molecular flexibility index (Phi) is 5.40. The van der Waals surface area contributed by atoms with Gasteiger partial charge < -0.3 is 5.32 Å². The van der Waals surface area contributed by atoms with Crippen LogP contribution in [0.3, 0.4) is 0 Å². The minimum absolute atomic E-state index is 0.309. The molecule has 0 saturated carbocycles. The molecule has 1 rings (SSSR count). The fourth-order valence-electron chi connectivity index (χ4n) is 1.22. The smallest absolute Gasteiger partial charge is 0.141 e. The highest BCUT2D eigenvalue weighted by Crippen LogP contribution is 2.08. The van der Waals surface area contributed by atoms with Crippen molar-refractivity contribution >= 4 is 17.4 Å². The number of hydrogen-bond acceptors (Lipinski definition) is 2. The van der Waals surface area contributed by atoms with Gasteiger partial charge in [0.05, 0.1) is 6.20 Å². The highest BCUT2D eigenvalue weighted by molar-refractivity contribution is 6.18. The van der Waals surface area contributed by atoms with Crippen LogP contribution >= 0.6 is 11.6 Å². The first kappa shape index (κ1) is 12.2. The molecule has 1 heterocycles. The molecule has 4 heteroatoms. The first-order valence-electron chi connectivity index (χ1n) is 5.13. The first-order chi connectivity index (χ1) is 7.22. The van der Waals surface area contributed by atoms with Crippen LogP contribution in [0.15, 0.2) is 18.3 Å². The molecule has 1 aromatic heterocycles. The fourth-order valence-corrected chi connectivity index (χ4v) is 1.38. The molecule has 1 unspecified atom stereocenters. The number of alkyl halides is 1. The summed E-state index contributed by atoms with van der Waals surface area (Å²) in [4.78, 5) is 3.90. The van der Waals surface area contributed by atoms with Crippen molar-refractivity contribution in [2.45, 2.75) is 19.8 Å². The Bertz CT molecular complexity index is 276. The molecule has 1 N–H and O–H groups in total. The van der Waals surface area contributed by atoms with Gasteiger partial charge in [-0.2, -0.15) is 0 Å². The van der Waals surface area contributed by atoms with Gasteiger partial charge in [0.1, 0.15) is 11.6 Å². The predicted molar refractivity (Wildman–Crippen MR) is 61.8 cm³/mol. The van der Waals surface area contributed by atoms with Gasteiger partial charge in [0.25, 0.3) is 0 Å². The van der Waals surface area contributed by atoms with E-state index in [0.29, 0.717) is 11.8 Å². The van der Waals surface area contributed by atoms with Crippen LogP contribution in [0, 0.1) is 11.7 Å². The van der Waals surface area contributed by atoms with Crippen LogP contribution in [0.1, 0.15) is 19.8 Å². The van der Waals surface area contributed by atoms with Gasteiger partial charge in [-0.1, -0.05) is 6.92 Å². The second-order valence-corrected chi connectivity index (χ2v) is 4.00. The average Bonchev–Trinajstić information content (AvgIpc) is 2.26. The summed E-state index contributed by atoms with van der Waals surface area (Å²) in [6.07, 6.45) is 3.36. The average molecular weight is 231 g/mol. The molecule has 0 spiro atoms. The van der Waals surface area contributed by atoms with E-state index < -0.39 is 0 Å². The summed E-state index contributed by atoms with van der Waals surface area (Å²) in [5, 5.41) is 3.13. The second-order valence-electron chi connectivity index (χ2n) is 3.69. The molecule has 0 radical (unpaired) electrons. The van der Waals surface area contributed by atoms with E-state index in [9.17, 15) is 4.39 Å². The zero-order valence-corrected chi connectivity index (χ0v) is 9.60. The van der Waals surface area contributed by atoms with Crippen LogP contribution in [0.5, 0.6) is 0 Å². The lowest BCUT2D eigenvalue weighted by molar-refractivity contribution is 0.572. The number of rotatable bonds is 6. The fraction of sp³-hybridized carbons (Fsp3) is 0.545. The minimum Gasteiger partial charge on any atom is -0.370 e. The lowest BCUT2D eigenvalue weighted by Gasteiger charge is -2.08. The summed E-state index contributed by atoms with van der Waals surface area (Å²) < 4.78 is 12.5. The van der Waals surface area contributed by atoms with Crippen LogP contribution in [0.4, 0.5) is 10.2 Å². The van der Waals surface area contributed by atoms with Crippen molar-refractivity contribution in [3.63, 3.8) is 0 Å². The molecule has 0 fully saturated rings. The minimum atomic E-state index is -0.309. The van der Waals surface area contributed by atoms with Crippen LogP contribution in [0.2, 0.25) is 0 Å². The van der Waals surface area contributed by atoms with Crippen molar-refractivity contribution in [3.8, 4) is 0 Å². The number of nitrogens with zero attached hydrogens (tertiary/aromatic N) is 1. The first-order valence-corrected chi connectivity index (χ1v) is 5.67. The largest absolute Gasteiger partial charge is 0.370 e. The van der Waals surface area contributed by atoms with Gasteiger partial charge >= 0.3 is 0 Å². The van der Waals surface area contributed by atoms with E-state index in [1.54, 1.807) is 6.07 Å². The monoisotopic (exact) mass is 230 g/mol. The van der Waals surface area contributed by atoms with Crippen LogP contribution in [-0.2, 0) is 0 Å². The number of aromatic nitrogens is 1. The van der Waals surface area contributed by atoms with Crippen molar-refractivity contribution in [3.05, 3.63) is 24.1 Å². The van der Waals surface area contributed by atoms with Crippen LogP contribution < -0.4 is 5.32 Å².